The minimum atomic E-state index is -1.24. The summed E-state index contributed by atoms with van der Waals surface area (Å²) in [5, 5.41) is 9.44. The largest absolute Gasteiger partial charge is 0.487 e. The average Bonchev–Trinajstić information content (AvgIpc) is 2.89. The summed E-state index contributed by atoms with van der Waals surface area (Å²) < 4.78 is 35.8. The second-order valence-electron chi connectivity index (χ2n) is 8.32. The monoisotopic (exact) mass is 494 g/mol. The Labute approximate surface area is 210 Å². The molecule has 8 heteroatoms. The summed E-state index contributed by atoms with van der Waals surface area (Å²) >= 11 is 0. The quantitative estimate of drug-likeness (QED) is 0.576. The molecule has 1 aliphatic rings. The molecular weight excluding hydrogens is 464 g/mol. The van der Waals surface area contributed by atoms with E-state index in [4.69, 9.17) is 28.4 Å². The maximum atomic E-state index is 11.5. The molecule has 0 fully saturated rings. The summed E-state index contributed by atoms with van der Waals surface area (Å²) in [4.78, 5) is 11.5. The first kappa shape index (κ1) is 25.3. The van der Waals surface area contributed by atoms with Crippen LogP contribution in [0.15, 0.2) is 72.8 Å². The predicted molar refractivity (Wildman–Crippen MR) is 132 cm³/mol. The molecule has 1 N–H and O–H groups in total. The highest BCUT2D eigenvalue weighted by Gasteiger charge is 2.37. The van der Waals surface area contributed by atoms with Crippen LogP contribution in [-0.4, -0.2) is 57.3 Å². The fourth-order valence-corrected chi connectivity index (χ4v) is 3.72. The molecule has 190 valence electrons. The van der Waals surface area contributed by atoms with E-state index in [-0.39, 0.29) is 13.2 Å². The SMILES string of the molecule is Cc1ccc(C2(OCC(=O)O)COc3ccccc3OCCOCCOc3ccccc3OC2)cc1. The van der Waals surface area contributed by atoms with E-state index < -0.39 is 18.2 Å². The number of aryl methyl sites for hydroxylation is 1. The minimum absolute atomic E-state index is 0.0246. The van der Waals surface area contributed by atoms with E-state index >= 15 is 0 Å². The molecule has 0 amide bonds. The van der Waals surface area contributed by atoms with Gasteiger partial charge in [0.25, 0.3) is 0 Å². The molecule has 0 saturated heterocycles. The van der Waals surface area contributed by atoms with Gasteiger partial charge in [-0.1, -0.05) is 54.1 Å². The predicted octanol–water partition coefficient (Wildman–Crippen LogP) is 4.24. The third-order valence-electron chi connectivity index (χ3n) is 5.64. The van der Waals surface area contributed by atoms with Gasteiger partial charge in [-0.3, -0.25) is 0 Å². The third-order valence-corrected chi connectivity index (χ3v) is 5.64. The van der Waals surface area contributed by atoms with Crippen LogP contribution in [0.25, 0.3) is 0 Å². The lowest BCUT2D eigenvalue weighted by atomic mass is 9.94. The third kappa shape index (κ3) is 6.68. The first-order valence-corrected chi connectivity index (χ1v) is 11.8. The van der Waals surface area contributed by atoms with Gasteiger partial charge in [0.2, 0.25) is 0 Å². The second-order valence-corrected chi connectivity index (χ2v) is 8.32. The van der Waals surface area contributed by atoms with Crippen LogP contribution in [-0.2, 0) is 19.9 Å². The highest BCUT2D eigenvalue weighted by Crippen LogP contribution is 2.34. The van der Waals surface area contributed by atoms with Crippen molar-refractivity contribution >= 4 is 5.97 Å². The molecule has 0 atom stereocenters. The first-order chi connectivity index (χ1) is 17.6. The standard InChI is InChI=1S/C28H30O8/c1-21-10-12-22(13-11-21)28(36-18-27(29)30)19-34-25-8-4-2-6-23(25)32-16-14-31-15-17-33-24-7-3-5-9-26(24)35-20-28/h2-13H,14-20H2,1H3,(H,29,30). The molecule has 1 aliphatic heterocycles. The zero-order chi connectivity index (χ0) is 25.2. The maximum absolute atomic E-state index is 11.5. The van der Waals surface area contributed by atoms with Gasteiger partial charge in [0.05, 0.1) is 13.2 Å². The number of benzene rings is 3. The lowest BCUT2D eigenvalue weighted by Gasteiger charge is -2.34. The van der Waals surface area contributed by atoms with Crippen molar-refractivity contribution in [3.05, 3.63) is 83.9 Å². The smallest absolute Gasteiger partial charge is 0.329 e. The number of carbonyl (C=O) groups is 1. The number of rotatable bonds is 4. The van der Waals surface area contributed by atoms with Gasteiger partial charge in [-0.15, -0.1) is 0 Å². The lowest BCUT2D eigenvalue weighted by molar-refractivity contribution is -0.157. The van der Waals surface area contributed by atoms with Crippen LogP contribution in [0.5, 0.6) is 23.0 Å². The van der Waals surface area contributed by atoms with Crippen molar-refractivity contribution in [2.24, 2.45) is 0 Å². The zero-order valence-electron chi connectivity index (χ0n) is 20.2. The topological polar surface area (TPSA) is 92.7 Å². The lowest BCUT2D eigenvalue weighted by Crippen LogP contribution is -2.43. The molecule has 0 bridgehead atoms. The number of carboxylic acids is 1. The van der Waals surface area contributed by atoms with Gasteiger partial charge in [0.15, 0.2) is 28.6 Å². The molecule has 8 nitrogen and oxygen atoms in total. The summed E-state index contributed by atoms with van der Waals surface area (Å²) in [6, 6.07) is 22.2. The number of aliphatic carboxylic acids is 1. The van der Waals surface area contributed by atoms with E-state index in [1.165, 1.54) is 0 Å². The highest BCUT2D eigenvalue weighted by atomic mass is 16.6. The molecule has 3 aromatic carbocycles. The van der Waals surface area contributed by atoms with Crippen molar-refractivity contribution < 1.29 is 38.3 Å². The molecule has 0 radical (unpaired) electrons. The summed E-state index contributed by atoms with van der Waals surface area (Å²) in [7, 11) is 0. The Bertz CT molecular complexity index is 1070. The van der Waals surface area contributed by atoms with Crippen LogP contribution in [0.4, 0.5) is 0 Å². The van der Waals surface area contributed by atoms with Crippen LogP contribution < -0.4 is 18.9 Å². The fourth-order valence-electron chi connectivity index (χ4n) is 3.72. The van der Waals surface area contributed by atoms with Crippen molar-refractivity contribution in [1.82, 2.24) is 0 Å². The van der Waals surface area contributed by atoms with E-state index in [0.717, 1.165) is 11.1 Å². The molecule has 0 spiro atoms. The van der Waals surface area contributed by atoms with Crippen molar-refractivity contribution in [2.75, 3.05) is 46.2 Å². The molecular formula is C28H30O8. The van der Waals surface area contributed by atoms with Gasteiger partial charge in [-0.05, 0) is 36.8 Å². The Morgan fingerprint density at radius 2 is 1.22 bits per heavy atom. The molecule has 4 rings (SSSR count). The molecule has 0 saturated carbocycles. The summed E-state index contributed by atoms with van der Waals surface area (Å²) in [5.41, 5.74) is 0.537. The number of fused-ring (bicyclic) bond motifs is 2. The van der Waals surface area contributed by atoms with E-state index in [1.54, 1.807) is 24.3 Å². The van der Waals surface area contributed by atoms with Gasteiger partial charge < -0.3 is 33.5 Å². The van der Waals surface area contributed by atoms with Gasteiger partial charge in [-0.25, -0.2) is 4.79 Å². The minimum Gasteiger partial charge on any atom is -0.487 e. The zero-order valence-corrected chi connectivity index (χ0v) is 20.2. The van der Waals surface area contributed by atoms with Crippen LogP contribution in [0.1, 0.15) is 11.1 Å². The Hall–Kier alpha value is -3.75. The Balaban J connectivity index is 1.72. The van der Waals surface area contributed by atoms with Gasteiger partial charge in [0.1, 0.15) is 33.0 Å². The van der Waals surface area contributed by atoms with Gasteiger partial charge in [-0.2, -0.15) is 0 Å². The number of ether oxygens (including phenoxy) is 6. The summed E-state index contributed by atoms with van der Waals surface area (Å²) in [6.07, 6.45) is 0. The maximum Gasteiger partial charge on any atom is 0.329 e. The van der Waals surface area contributed by atoms with Crippen molar-refractivity contribution in [2.45, 2.75) is 12.5 Å². The normalized spacial score (nSPS) is 16.1. The Morgan fingerprint density at radius 1 is 0.750 bits per heavy atom. The number of carboxylic acid groups (broad SMARTS) is 1. The van der Waals surface area contributed by atoms with Gasteiger partial charge in [0, 0.05) is 0 Å². The molecule has 36 heavy (non-hydrogen) atoms. The Morgan fingerprint density at radius 3 is 1.69 bits per heavy atom. The van der Waals surface area contributed by atoms with Crippen molar-refractivity contribution in [3.8, 4) is 23.0 Å². The molecule has 1 heterocycles. The van der Waals surface area contributed by atoms with Gasteiger partial charge >= 0.3 is 5.97 Å². The number of hydrogen-bond acceptors (Lipinski definition) is 7. The number of para-hydroxylation sites is 4. The molecule has 0 aliphatic carbocycles. The van der Waals surface area contributed by atoms with E-state index in [9.17, 15) is 9.90 Å². The summed E-state index contributed by atoms with van der Waals surface area (Å²) in [6.45, 7) is 2.82. The number of hydrogen-bond donors (Lipinski definition) is 1. The summed E-state index contributed by atoms with van der Waals surface area (Å²) in [5.74, 6) is 1.01. The van der Waals surface area contributed by atoms with Crippen LogP contribution in [0, 0.1) is 6.92 Å². The van der Waals surface area contributed by atoms with Crippen molar-refractivity contribution in [3.63, 3.8) is 0 Å². The molecule has 3 aromatic rings. The highest BCUT2D eigenvalue weighted by molar-refractivity contribution is 5.68. The fraction of sp³-hybridized carbons (Fsp3) is 0.321. The van der Waals surface area contributed by atoms with Crippen LogP contribution in [0.3, 0.4) is 0 Å². The molecule has 0 unspecified atom stereocenters. The average molecular weight is 495 g/mol. The van der Waals surface area contributed by atoms with Crippen molar-refractivity contribution in [1.29, 1.82) is 0 Å². The first-order valence-electron chi connectivity index (χ1n) is 11.8. The second kappa shape index (κ2) is 12.3. The van der Waals surface area contributed by atoms with E-state index in [1.807, 2.05) is 55.5 Å². The van der Waals surface area contributed by atoms with E-state index in [0.29, 0.717) is 49.4 Å². The van der Waals surface area contributed by atoms with Crippen LogP contribution in [0.2, 0.25) is 0 Å². The van der Waals surface area contributed by atoms with E-state index in [2.05, 4.69) is 0 Å². The Kier molecular flexibility index (Phi) is 8.65. The molecule has 0 aromatic heterocycles. The van der Waals surface area contributed by atoms with Crippen LogP contribution >= 0.6 is 0 Å².